The molecular weight excluding hydrogens is 158 g/mol. The van der Waals surface area contributed by atoms with Crippen molar-refractivity contribution >= 4 is 11.8 Å². The molecule has 0 atom stereocenters. The van der Waals surface area contributed by atoms with Gasteiger partial charge >= 0.3 is 5.97 Å². The molecule has 0 radical (unpaired) electrons. The Morgan fingerprint density at radius 3 is 2.33 bits per heavy atom. The van der Waals surface area contributed by atoms with Crippen molar-refractivity contribution in [2.24, 2.45) is 0 Å². The lowest BCUT2D eigenvalue weighted by Crippen LogP contribution is -2.35. The molecule has 0 amide bonds. The largest absolute Gasteiger partial charge is 0.480 e. The summed E-state index contributed by atoms with van der Waals surface area (Å²) >= 11 is 0. The van der Waals surface area contributed by atoms with Crippen molar-refractivity contribution < 1.29 is 14.7 Å². The van der Waals surface area contributed by atoms with Crippen LogP contribution in [0.3, 0.4) is 0 Å². The third-order valence-corrected chi connectivity index (χ3v) is 1.83. The minimum absolute atomic E-state index is 0.00968. The van der Waals surface area contributed by atoms with Crippen LogP contribution in [0.25, 0.3) is 0 Å². The molecule has 0 saturated heterocycles. The summed E-state index contributed by atoms with van der Waals surface area (Å²) in [7, 11) is 0. The Kier molecular flexibility index (Phi) is 2.81. The molecule has 0 heterocycles. The molecule has 1 aliphatic carbocycles. The maximum atomic E-state index is 10.7. The van der Waals surface area contributed by atoms with Crippen LogP contribution in [0, 0.1) is 0 Å². The van der Waals surface area contributed by atoms with E-state index in [0.717, 1.165) is 12.8 Å². The van der Waals surface area contributed by atoms with E-state index < -0.39 is 5.97 Å². The van der Waals surface area contributed by atoms with Gasteiger partial charge < -0.3 is 5.11 Å². The van der Waals surface area contributed by atoms with Crippen molar-refractivity contribution in [1.82, 2.24) is 4.90 Å². The second-order valence-corrected chi connectivity index (χ2v) is 3.23. The number of carboxylic acids is 1. The van der Waals surface area contributed by atoms with Crippen LogP contribution in [0.5, 0.6) is 0 Å². The van der Waals surface area contributed by atoms with Gasteiger partial charge in [-0.2, -0.15) is 0 Å². The zero-order valence-corrected chi connectivity index (χ0v) is 7.12. The van der Waals surface area contributed by atoms with E-state index in [4.69, 9.17) is 5.11 Å². The van der Waals surface area contributed by atoms with Crippen LogP contribution < -0.4 is 0 Å². The van der Waals surface area contributed by atoms with E-state index in [0.29, 0.717) is 6.04 Å². The number of nitrogens with zero attached hydrogens (tertiary/aromatic N) is 1. The molecule has 0 aromatic rings. The molecule has 1 rings (SSSR count). The Hall–Kier alpha value is -0.900. The van der Waals surface area contributed by atoms with Gasteiger partial charge in [0.1, 0.15) is 5.78 Å². The van der Waals surface area contributed by atoms with Crippen molar-refractivity contribution in [3.05, 3.63) is 0 Å². The summed E-state index contributed by atoms with van der Waals surface area (Å²) in [6.07, 6.45) is 2.06. The summed E-state index contributed by atoms with van der Waals surface area (Å²) in [5.74, 6) is -0.827. The van der Waals surface area contributed by atoms with Crippen LogP contribution in [0.1, 0.15) is 19.8 Å². The number of ketones is 1. The van der Waals surface area contributed by atoms with Crippen molar-refractivity contribution in [3.63, 3.8) is 0 Å². The number of carbonyl (C=O) groups excluding carboxylic acids is 1. The first kappa shape index (κ1) is 9.19. The number of hydrogen-bond acceptors (Lipinski definition) is 3. The average Bonchev–Trinajstić information content (AvgIpc) is 2.63. The first-order valence-corrected chi connectivity index (χ1v) is 4.05. The monoisotopic (exact) mass is 171 g/mol. The van der Waals surface area contributed by atoms with Gasteiger partial charge in [0.15, 0.2) is 0 Å². The molecule has 1 saturated carbocycles. The van der Waals surface area contributed by atoms with Crippen molar-refractivity contribution in [3.8, 4) is 0 Å². The fourth-order valence-electron chi connectivity index (χ4n) is 1.21. The second-order valence-electron chi connectivity index (χ2n) is 3.23. The summed E-state index contributed by atoms with van der Waals surface area (Å²) in [4.78, 5) is 22.8. The quantitative estimate of drug-likeness (QED) is 0.638. The third-order valence-electron chi connectivity index (χ3n) is 1.83. The molecule has 0 aliphatic heterocycles. The van der Waals surface area contributed by atoms with Crippen LogP contribution in [0.4, 0.5) is 0 Å². The van der Waals surface area contributed by atoms with E-state index in [9.17, 15) is 9.59 Å². The van der Waals surface area contributed by atoms with Crippen LogP contribution in [0.15, 0.2) is 0 Å². The smallest absolute Gasteiger partial charge is 0.317 e. The van der Waals surface area contributed by atoms with Gasteiger partial charge in [-0.25, -0.2) is 0 Å². The fourth-order valence-corrected chi connectivity index (χ4v) is 1.21. The summed E-state index contributed by atoms with van der Waals surface area (Å²) < 4.78 is 0. The van der Waals surface area contributed by atoms with E-state index in [-0.39, 0.29) is 18.9 Å². The van der Waals surface area contributed by atoms with Crippen molar-refractivity contribution in [2.45, 2.75) is 25.8 Å². The SMILES string of the molecule is CC(=O)CN(CC(=O)O)C1CC1. The molecule has 68 valence electrons. The normalized spacial score (nSPS) is 16.5. The minimum atomic E-state index is -0.858. The van der Waals surface area contributed by atoms with Gasteiger partial charge in [0, 0.05) is 6.04 Å². The van der Waals surface area contributed by atoms with Gasteiger partial charge in [0.05, 0.1) is 13.1 Å². The predicted molar refractivity (Wildman–Crippen MR) is 42.9 cm³/mol. The zero-order valence-electron chi connectivity index (χ0n) is 7.12. The second kappa shape index (κ2) is 3.67. The molecule has 1 fully saturated rings. The molecule has 0 aromatic carbocycles. The van der Waals surface area contributed by atoms with E-state index in [1.54, 1.807) is 4.90 Å². The molecule has 1 aliphatic rings. The maximum Gasteiger partial charge on any atom is 0.317 e. The number of carbonyl (C=O) groups is 2. The van der Waals surface area contributed by atoms with Crippen LogP contribution in [-0.4, -0.2) is 40.9 Å². The van der Waals surface area contributed by atoms with Crippen LogP contribution in [0.2, 0.25) is 0 Å². The van der Waals surface area contributed by atoms with E-state index in [1.807, 2.05) is 0 Å². The Morgan fingerprint density at radius 1 is 1.42 bits per heavy atom. The highest BCUT2D eigenvalue weighted by molar-refractivity contribution is 5.78. The number of hydrogen-bond donors (Lipinski definition) is 1. The van der Waals surface area contributed by atoms with Crippen molar-refractivity contribution in [1.29, 1.82) is 0 Å². The molecule has 1 N–H and O–H groups in total. The lowest BCUT2D eigenvalue weighted by Gasteiger charge is -2.17. The van der Waals surface area contributed by atoms with Gasteiger partial charge in [0.2, 0.25) is 0 Å². The standard InChI is InChI=1S/C8H13NO3/c1-6(10)4-9(5-8(11)12)7-2-3-7/h7H,2-5H2,1H3,(H,11,12). The molecule has 4 nitrogen and oxygen atoms in total. The van der Waals surface area contributed by atoms with Crippen LogP contribution >= 0.6 is 0 Å². The highest BCUT2D eigenvalue weighted by Gasteiger charge is 2.30. The van der Waals surface area contributed by atoms with Gasteiger partial charge in [-0.15, -0.1) is 0 Å². The molecule has 0 unspecified atom stereocenters. The predicted octanol–water partition coefficient (Wildman–Crippen LogP) is 0.124. The van der Waals surface area contributed by atoms with Gasteiger partial charge in [-0.05, 0) is 19.8 Å². The first-order chi connectivity index (χ1) is 5.59. The summed E-state index contributed by atoms with van der Waals surface area (Å²) in [5, 5.41) is 8.52. The van der Waals surface area contributed by atoms with Gasteiger partial charge in [-0.3, -0.25) is 14.5 Å². The number of carboxylic acid groups (broad SMARTS) is 1. The van der Waals surface area contributed by atoms with Crippen LogP contribution in [-0.2, 0) is 9.59 Å². The third kappa shape index (κ3) is 3.00. The number of rotatable bonds is 5. The molecule has 12 heavy (non-hydrogen) atoms. The Morgan fingerprint density at radius 2 is 2.00 bits per heavy atom. The summed E-state index contributed by atoms with van der Waals surface area (Å²) in [6.45, 7) is 1.75. The average molecular weight is 171 g/mol. The van der Waals surface area contributed by atoms with Gasteiger partial charge in [-0.1, -0.05) is 0 Å². The molecule has 0 aromatic heterocycles. The zero-order chi connectivity index (χ0) is 9.14. The summed E-state index contributed by atoms with van der Waals surface area (Å²) in [5.41, 5.74) is 0. The lowest BCUT2D eigenvalue weighted by atomic mass is 10.3. The number of aliphatic carboxylic acids is 1. The van der Waals surface area contributed by atoms with Gasteiger partial charge in [0.25, 0.3) is 0 Å². The topological polar surface area (TPSA) is 57.6 Å². The Bertz CT molecular complexity index is 182. The number of Topliss-reactive ketones (excluding diaryl/α,β-unsaturated/α-hetero) is 1. The fraction of sp³-hybridized carbons (Fsp3) is 0.750. The van der Waals surface area contributed by atoms with Crippen molar-refractivity contribution in [2.75, 3.05) is 13.1 Å². The molecule has 4 heteroatoms. The Labute approximate surface area is 71.2 Å². The first-order valence-electron chi connectivity index (χ1n) is 4.05. The highest BCUT2D eigenvalue weighted by Crippen LogP contribution is 2.26. The Balaban J connectivity index is 2.37. The summed E-state index contributed by atoms with van der Waals surface area (Å²) in [6, 6.07) is 0.338. The van der Waals surface area contributed by atoms with E-state index in [1.165, 1.54) is 6.92 Å². The minimum Gasteiger partial charge on any atom is -0.480 e. The molecular formula is C8H13NO3. The van der Waals surface area contributed by atoms with E-state index >= 15 is 0 Å². The molecule has 0 spiro atoms. The molecule has 0 bridgehead atoms. The van der Waals surface area contributed by atoms with E-state index in [2.05, 4.69) is 0 Å². The highest BCUT2D eigenvalue weighted by atomic mass is 16.4. The maximum absolute atomic E-state index is 10.7. The lowest BCUT2D eigenvalue weighted by molar-refractivity contribution is -0.138.